The van der Waals surface area contributed by atoms with Crippen LogP contribution in [-0.2, 0) is 0 Å². The number of carbonyl (C=O) groups is 1. The molecular weight excluding hydrogens is 387 g/mol. The van der Waals surface area contributed by atoms with Crippen LogP contribution in [0.2, 0.25) is 0 Å². The van der Waals surface area contributed by atoms with Gasteiger partial charge in [0.1, 0.15) is 17.2 Å². The number of nitrogens with one attached hydrogen (secondary N) is 4. The molecule has 1 atom stereocenters. The van der Waals surface area contributed by atoms with Crippen molar-refractivity contribution in [2.45, 2.75) is 26.8 Å². The average Bonchev–Trinajstić information content (AvgIpc) is 3.03. The van der Waals surface area contributed by atoms with E-state index in [2.05, 4.69) is 31.2 Å². The van der Waals surface area contributed by atoms with Crippen molar-refractivity contribution in [3.63, 3.8) is 0 Å². The quantitative estimate of drug-likeness (QED) is 0.418. The number of hydrogen-bond donors (Lipinski definition) is 4. The van der Waals surface area contributed by atoms with E-state index in [1.165, 1.54) is 24.5 Å². The van der Waals surface area contributed by atoms with Gasteiger partial charge in [-0.25, -0.2) is 19.2 Å². The lowest BCUT2D eigenvalue weighted by Crippen LogP contribution is -2.35. The number of benzene rings is 1. The molecule has 8 nitrogen and oxygen atoms in total. The first kappa shape index (κ1) is 21.5. The Labute approximate surface area is 174 Å². The summed E-state index contributed by atoms with van der Waals surface area (Å²) in [5, 5.41) is 12.5. The lowest BCUT2D eigenvalue weighted by atomic mass is 9.98. The largest absolute Gasteiger partial charge is 0.459 e. The first-order valence-corrected chi connectivity index (χ1v) is 9.85. The van der Waals surface area contributed by atoms with E-state index < -0.39 is 6.03 Å². The third kappa shape index (κ3) is 5.04. The van der Waals surface area contributed by atoms with Crippen molar-refractivity contribution in [2.75, 3.05) is 30.8 Å². The van der Waals surface area contributed by atoms with Gasteiger partial charge >= 0.3 is 6.03 Å². The summed E-state index contributed by atoms with van der Waals surface area (Å²) in [7, 11) is 1.86. The molecule has 160 valence electrons. The summed E-state index contributed by atoms with van der Waals surface area (Å²) in [6.07, 6.45) is 3.07. The number of aryl methyl sites for hydroxylation is 1. The number of aromatic nitrogens is 2. The molecule has 4 N–H and O–H groups in total. The van der Waals surface area contributed by atoms with Crippen LogP contribution in [0.3, 0.4) is 0 Å². The number of halogens is 1. The molecule has 0 saturated carbocycles. The molecule has 1 aromatic carbocycles. The Morgan fingerprint density at radius 1 is 1.20 bits per heavy atom. The third-order valence-corrected chi connectivity index (χ3v) is 4.74. The number of hydrogen-bond acceptors (Lipinski definition) is 6. The highest BCUT2D eigenvalue weighted by molar-refractivity contribution is 5.89. The highest BCUT2D eigenvalue weighted by atomic mass is 19.1. The van der Waals surface area contributed by atoms with E-state index in [1.54, 1.807) is 6.07 Å². The standard InChI is InChI=1S/C21H27FN6O2/c1-12(2)18(19-13(3)16-9-14(22)5-6-17(16)30-19)28-21(29)27-15-10-25-20(26-11-15)24-8-7-23-4/h5-6,9-12,18,23H,7-8H2,1-4H3,(H,24,25,26)(H2,27,28,29)/t18-/m1/s1. The summed E-state index contributed by atoms with van der Waals surface area (Å²) < 4.78 is 19.6. The van der Waals surface area contributed by atoms with Gasteiger partial charge in [0.2, 0.25) is 5.95 Å². The fourth-order valence-corrected chi connectivity index (χ4v) is 3.14. The van der Waals surface area contributed by atoms with Crippen molar-refractivity contribution in [1.29, 1.82) is 0 Å². The fourth-order valence-electron chi connectivity index (χ4n) is 3.14. The van der Waals surface area contributed by atoms with Crippen LogP contribution in [0.1, 0.15) is 31.2 Å². The van der Waals surface area contributed by atoms with Crippen LogP contribution in [0, 0.1) is 18.7 Å². The maximum Gasteiger partial charge on any atom is 0.319 e. The number of anilines is 2. The maximum atomic E-state index is 13.6. The summed E-state index contributed by atoms with van der Waals surface area (Å²) in [6, 6.07) is 3.61. The number of urea groups is 1. The van der Waals surface area contributed by atoms with Crippen molar-refractivity contribution < 1.29 is 13.6 Å². The van der Waals surface area contributed by atoms with Crippen LogP contribution in [0.15, 0.2) is 35.0 Å². The molecule has 0 spiro atoms. The Bertz CT molecular complexity index is 1000. The second kappa shape index (κ2) is 9.53. The van der Waals surface area contributed by atoms with Crippen LogP contribution in [0.4, 0.5) is 20.8 Å². The average molecular weight is 414 g/mol. The topological polar surface area (TPSA) is 104 Å². The van der Waals surface area contributed by atoms with Crippen molar-refractivity contribution in [1.82, 2.24) is 20.6 Å². The first-order chi connectivity index (χ1) is 14.4. The van der Waals surface area contributed by atoms with Gasteiger partial charge in [-0.15, -0.1) is 0 Å². The molecule has 2 heterocycles. The number of rotatable bonds is 8. The van der Waals surface area contributed by atoms with Crippen LogP contribution in [-0.4, -0.2) is 36.1 Å². The second-order valence-electron chi connectivity index (χ2n) is 7.38. The molecule has 2 amide bonds. The Morgan fingerprint density at radius 3 is 2.60 bits per heavy atom. The maximum absolute atomic E-state index is 13.6. The van der Waals surface area contributed by atoms with E-state index in [1.807, 2.05) is 27.8 Å². The summed E-state index contributed by atoms with van der Waals surface area (Å²) in [5.74, 6) is 0.825. The van der Waals surface area contributed by atoms with Gasteiger partial charge in [0.05, 0.1) is 24.1 Å². The zero-order chi connectivity index (χ0) is 21.7. The van der Waals surface area contributed by atoms with E-state index >= 15 is 0 Å². The zero-order valence-corrected chi connectivity index (χ0v) is 17.5. The van der Waals surface area contributed by atoms with Crippen molar-refractivity contribution in [2.24, 2.45) is 5.92 Å². The molecule has 9 heteroatoms. The lowest BCUT2D eigenvalue weighted by Gasteiger charge is -2.21. The third-order valence-electron chi connectivity index (χ3n) is 4.74. The van der Waals surface area contributed by atoms with Crippen molar-refractivity contribution in [3.05, 3.63) is 47.7 Å². The molecule has 0 fully saturated rings. The van der Waals surface area contributed by atoms with Gasteiger partial charge in [-0.05, 0) is 38.1 Å². The van der Waals surface area contributed by atoms with Gasteiger partial charge in [-0.2, -0.15) is 0 Å². The van der Waals surface area contributed by atoms with Crippen LogP contribution >= 0.6 is 0 Å². The molecular formula is C21H27FN6O2. The molecule has 0 aliphatic heterocycles. The Morgan fingerprint density at radius 2 is 1.93 bits per heavy atom. The lowest BCUT2D eigenvalue weighted by molar-refractivity contribution is 0.241. The minimum Gasteiger partial charge on any atom is -0.459 e. The van der Waals surface area contributed by atoms with E-state index in [4.69, 9.17) is 4.42 Å². The monoisotopic (exact) mass is 414 g/mol. The van der Waals surface area contributed by atoms with Gasteiger partial charge in [0.15, 0.2) is 0 Å². The molecule has 3 rings (SSSR count). The van der Waals surface area contributed by atoms with E-state index in [-0.39, 0.29) is 17.8 Å². The number of nitrogens with zero attached hydrogens (tertiary/aromatic N) is 2. The van der Waals surface area contributed by atoms with Gasteiger partial charge in [-0.3, -0.25) is 0 Å². The summed E-state index contributed by atoms with van der Waals surface area (Å²) in [5.41, 5.74) is 1.87. The van der Waals surface area contributed by atoms with Crippen LogP contribution in [0.5, 0.6) is 0 Å². The van der Waals surface area contributed by atoms with Crippen molar-refractivity contribution >= 4 is 28.6 Å². The molecule has 3 aromatic rings. The molecule has 0 aliphatic rings. The molecule has 2 aromatic heterocycles. The van der Waals surface area contributed by atoms with Gasteiger partial charge in [0.25, 0.3) is 0 Å². The van der Waals surface area contributed by atoms with Crippen LogP contribution < -0.4 is 21.3 Å². The number of likely N-dealkylation sites (N-methyl/N-ethyl adjacent to an activating group) is 1. The molecule has 0 unspecified atom stereocenters. The van der Waals surface area contributed by atoms with E-state index in [0.717, 1.165) is 12.1 Å². The van der Waals surface area contributed by atoms with Crippen molar-refractivity contribution in [3.8, 4) is 0 Å². The number of carbonyl (C=O) groups excluding carboxylic acids is 1. The highest BCUT2D eigenvalue weighted by Crippen LogP contribution is 2.33. The van der Waals surface area contributed by atoms with Gasteiger partial charge in [0, 0.05) is 24.0 Å². The van der Waals surface area contributed by atoms with Crippen LogP contribution in [0.25, 0.3) is 11.0 Å². The Kier molecular flexibility index (Phi) is 6.83. The summed E-state index contributed by atoms with van der Waals surface area (Å²) in [4.78, 5) is 20.9. The predicted molar refractivity (Wildman–Crippen MR) is 115 cm³/mol. The molecule has 0 aliphatic carbocycles. The number of furan rings is 1. The number of fused-ring (bicyclic) bond motifs is 1. The SMILES string of the molecule is CNCCNc1ncc(NC(=O)N[C@@H](c2oc3ccc(F)cc3c2C)C(C)C)cn1. The predicted octanol–water partition coefficient (Wildman–Crippen LogP) is 3.82. The zero-order valence-electron chi connectivity index (χ0n) is 17.5. The first-order valence-electron chi connectivity index (χ1n) is 9.85. The Balaban J connectivity index is 1.70. The van der Waals surface area contributed by atoms with E-state index in [9.17, 15) is 9.18 Å². The molecule has 0 bridgehead atoms. The minimum atomic E-state index is -0.403. The van der Waals surface area contributed by atoms with Gasteiger partial charge < -0.3 is 25.7 Å². The molecule has 0 radical (unpaired) electrons. The normalized spacial score (nSPS) is 12.2. The van der Waals surface area contributed by atoms with E-state index in [0.29, 0.717) is 34.9 Å². The molecule has 30 heavy (non-hydrogen) atoms. The Hall–Kier alpha value is -3.20. The fraction of sp³-hybridized carbons (Fsp3) is 0.381. The summed E-state index contributed by atoms with van der Waals surface area (Å²) >= 11 is 0. The summed E-state index contributed by atoms with van der Waals surface area (Å²) in [6.45, 7) is 7.31. The molecule has 0 saturated heterocycles. The van der Waals surface area contributed by atoms with Gasteiger partial charge in [-0.1, -0.05) is 13.8 Å². The smallest absolute Gasteiger partial charge is 0.319 e. The second-order valence-corrected chi connectivity index (χ2v) is 7.38. The number of amides is 2. The minimum absolute atomic E-state index is 0.0508. The highest BCUT2D eigenvalue weighted by Gasteiger charge is 2.25.